The summed E-state index contributed by atoms with van der Waals surface area (Å²) in [6, 6.07) is 6.42. The Morgan fingerprint density at radius 2 is 2.00 bits per heavy atom. The minimum Gasteiger partial charge on any atom is -0.395 e. The Morgan fingerprint density at radius 3 is 2.55 bits per heavy atom. The number of rotatable bonds is 6. The van der Waals surface area contributed by atoms with E-state index in [1.807, 2.05) is 0 Å². The molecule has 2 N–H and O–H groups in total. The van der Waals surface area contributed by atoms with E-state index in [-0.39, 0.29) is 17.3 Å². The number of aliphatic hydroxyl groups is 1. The Hall–Kier alpha value is -1.15. The zero-order valence-corrected chi connectivity index (χ0v) is 12.8. The first kappa shape index (κ1) is 15.2. The second kappa shape index (κ2) is 6.53. The third kappa shape index (κ3) is 3.92. The topological polar surface area (TPSA) is 79.3 Å². The zero-order valence-electron chi connectivity index (χ0n) is 10.4. The summed E-state index contributed by atoms with van der Waals surface area (Å²) in [4.78, 5) is 5.14. The molecule has 0 aliphatic rings. The molecule has 108 valence electrons. The summed E-state index contributed by atoms with van der Waals surface area (Å²) in [5.41, 5.74) is 0.803. The molecule has 0 saturated heterocycles. The largest absolute Gasteiger partial charge is 0.395 e. The number of sulfone groups is 1. The van der Waals surface area contributed by atoms with E-state index in [0.717, 1.165) is 10.6 Å². The number of aliphatic hydroxyl groups excluding tert-OH is 1. The van der Waals surface area contributed by atoms with Crippen molar-refractivity contribution in [2.75, 3.05) is 17.7 Å². The molecule has 0 aliphatic heterocycles. The van der Waals surface area contributed by atoms with E-state index in [2.05, 4.69) is 10.3 Å². The maximum Gasteiger partial charge on any atom is 0.183 e. The standard InChI is InChI=1S/C12H13ClN2O3S2/c13-12-15-8-10(19-12)7-14-9-1-3-11(4-2-9)20(17,18)6-5-16/h1-4,8,14,16H,5-7H2. The van der Waals surface area contributed by atoms with Crippen molar-refractivity contribution in [3.63, 3.8) is 0 Å². The van der Waals surface area contributed by atoms with Crippen LogP contribution in [0, 0.1) is 0 Å². The van der Waals surface area contributed by atoms with Gasteiger partial charge in [-0.1, -0.05) is 11.6 Å². The van der Waals surface area contributed by atoms with Crippen LogP contribution in [-0.4, -0.2) is 30.9 Å². The van der Waals surface area contributed by atoms with Crippen LogP contribution >= 0.6 is 22.9 Å². The van der Waals surface area contributed by atoms with Crippen LogP contribution < -0.4 is 5.32 Å². The smallest absolute Gasteiger partial charge is 0.183 e. The van der Waals surface area contributed by atoms with Crippen molar-refractivity contribution in [2.24, 2.45) is 0 Å². The molecule has 2 rings (SSSR count). The van der Waals surface area contributed by atoms with Crippen molar-refractivity contribution in [1.29, 1.82) is 0 Å². The number of benzene rings is 1. The van der Waals surface area contributed by atoms with Gasteiger partial charge in [-0.2, -0.15) is 0 Å². The van der Waals surface area contributed by atoms with Gasteiger partial charge in [0.2, 0.25) is 0 Å². The highest BCUT2D eigenvalue weighted by atomic mass is 35.5. The average Bonchev–Trinajstić information content (AvgIpc) is 2.83. The number of anilines is 1. The van der Waals surface area contributed by atoms with Crippen molar-refractivity contribution < 1.29 is 13.5 Å². The summed E-state index contributed by atoms with van der Waals surface area (Å²) < 4.78 is 23.9. The maximum absolute atomic E-state index is 11.7. The van der Waals surface area contributed by atoms with Crippen LogP contribution in [0.2, 0.25) is 4.47 Å². The van der Waals surface area contributed by atoms with Crippen LogP contribution in [0.4, 0.5) is 5.69 Å². The van der Waals surface area contributed by atoms with Crippen LogP contribution in [0.1, 0.15) is 4.88 Å². The van der Waals surface area contributed by atoms with Gasteiger partial charge in [0.25, 0.3) is 0 Å². The second-order valence-corrected chi connectivity index (χ2v) is 7.81. The van der Waals surface area contributed by atoms with Crippen molar-refractivity contribution in [3.8, 4) is 0 Å². The molecule has 0 amide bonds. The fraction of sp³-hybridized carbons (Fsp3) is 0.250. The highest BCUT2D eigenvalue weighted by molar-refractivity contribution is 7.91. The lowest BCUT2D eigenvalue weighted by molar-refractivity contribution is 0.319. The summed E-state index contributed by atoms with van der Waals surface area (Å²) in [6.45, 7) is 0.196. The molecule has 0 atom stereocenters. The minimum atomic E-state index is -3.39. The Bertz CT molecular complexity index is 668. The van der Waals surface area contributed by atoms with Crippen LogP contribution in [0.5, 0.6) is 0 Å². The van der Waals surface area contributed by atoms with E-state index in [0.29, 0.717) is 11.0 Å². The fourth-order valence-electron chi connectivity index (χ4n) is 1.57. The van der Waals surface area contributed by atoms with Crippen molar-refractivity contribution in [2.45, 2.75) is 11.4 Å². The van der Waals surface area contributed by atoms with E-state index in [4.69, 9.17) is 16.7 Å². The summed E-state index contributed by atoms with van der Waals surface area (Å²) in [5, 5.41) is 11.9. The molecule has 0 bridgehead atoms. The monoisotopic (exact) mass is 332 g/mol. The molecule has 1 heterocycles. The molecule has 0 radical (unpaired) electrons. The molecule has 1 aromatic carbocycles. The third-order valence-corrected chi connectivity index (χ3v) is 5.39. The van der Waals surface area contributed by atoms with Crippen LogP contribution in [0.3, 0.4) is 0 Å². The predicted octanol–water partition coefficient (Wildman–Crippen LogP) is 2.17. The van der Waals surface area contributed by atoms with E-state index in [1.54, 1.807) is 18.3 Å². The van der Waals surface area contributed by atoms with E-state index in [1.165, 1.54) is 23.5 Å². The van der Waals surface area contributed by atoms with Gasteiger partial charge >= 0.3 is 0 Å². The van der Waals surface area contributed by atoms with Gasteiger partial charge in [0.05, 0.1) is 23.8 Å². The quantitative estimate of drug-likeness (QED) is 0.847. The number of hydrogen-bond donors (Lipinski definition) is 2. The molecule has 1 aromatic heterocycles. The molecule has 0 aliphatic carbocycles. The van der Waals surface area contributed by atoms with Crippen molar-refractivity contribution in [1.82, 2.24) is 4.98 Å². The number of thiazole rings is 1. The first-order valence-corrected chi connectivity index (χ1v) is 8.64. The van der Waals surface area contributed by atoms with E-state index < -0.39 is 9.84 Å². The molecule has 0 spiro atoms. The summed E-state index contributed by atoms with van der Waals surface area (Å²) >= 11 is 7.12. The number of nitrogens with one attached hydrogen (secondary N) is 1. The highest BCUT2D eigenvalue weighted by Crippen LogP contribution is 2.20. The maximum atomic E-state index is 11.7. The number of aromatic nitrogens is 1. The molecule has 5 nitrogen and oxygen atoms in total. The van der Waals surface area contributed by atoms with Crippen LogP contribution in [0.15, 0.2) is 35.4 Å². The van der Waals surface area contributed by atoms with Crippen molar-refractivity contribution in [3.05, 3.63) is 39.8 Å². The second-order valence-electron chi connectivity index (χ2n) is 4.00. The summed E-state index contributed by atoms with van der Waals surface area (Å²) in [7, 11) is -3.39. The van der Waals surface area contributed by atoms with E-state index in [9.17, 15) is 8.42 Å². The summed E-state index contributed by atoms with van der Waals surface area (Å²) in [6.07, 6.45) is 1.69. The summed E-state index contributed by atoms with van der Waals surface area (Å²) in [5.74, 6) is -0.265. The van der Waals surface area contributed by atoms with Gasteiger partial charge in [0.15, 0.2) is 14.3 Å². The SMILES string of the molecule is O=S(=O)(CCO)c1ccc(NCc2cnc(Cl)s2)cc1. The van der Waals surface area contributed by atoms with Crippen LogP contribution in [-0.2, 0) is 16.4 Å². The van der Waals surface area contributed by atoms with Gasteiger partial charge in [-0.25, -0.2) is 13.4 Å². The Morgan fingerprint density at radius 1 is 1.30 bits per heavy atom. The van der Waals surface area contributed by atoms with Gasteiger partial charge in [0.1, 0.15) is 0 Å². The third-order valence-electron chi connectivity index (χ3n) is 2.57. The molecular formula is C12H13ClN2O3S2. The molecule has 2 aromatic rings. The molecule has 8 heteroatoms. The minimum absolute atomic E-state index is 0.206. The lowest BCUT2D eigenvalue weighted by Crippen LogP contribution is -2.10. The van der Waals surface area contributed by atoms with Gasteiger partial charge in [-0.15, -0.1) is 11.3 Å². The normalized spacial score (nSPS) is 11.5. The Kier molecular flexibility index (Phi) is 4.98. The Balaban J connectivity index is 2.01. The van der Waals surface area contributed by atoms with Crippen LogP contribution in [0.25, 0.3) is 0 Å². The van der Waals surface area contributed by atoms with Gasteiger partial charge < -0.3 is 10.4 Å². The first-order chi connectivity index (χ1) is 9.51. The lowest BCUT2D eigenvalue weighted by Gasteiger charge is -2.06. The van der Waals surface area contributed by atoms with Gasteiger partial charge in [-0.3, -0.25) is 0 Å². The molecule has 0 unspecified atom stereocenters. The number of nitrogens with zero attached hydrogens (tertiary/aromatic N) is 1. The number of hydrogen-bond acceptors (Lipinski definition) is 6. The average molecular weight is 333 g/mol. The fourth-order valence-corrected chi connectivity index (χ4v) is 3.52. The molecule has 20 heavy (non-hydrogen) atoms. The van der Waals surface area contributed by atoms with Gasteiger partial charge in [-0.05, 0) is 24.3 Å². The first-order valence-electron chi connectivity index (χ1n) is 5.79. The highest BCUT2D eigenvalue weighted by Gasteiger charge is 2.13. The van der Waals surface area contributed by atoms with Crippen molar-refractivity contribution >= 4 is 38.5 Å². The predicted molar refractivity (Wildman–Crippen MR) is 80.0 cm³/mol. The van der Waals surface area contributed by atoms with E-state index >= 15 is 0 Å². The number of halogens is 1. The molecule has 0 saturated carbocycles. The molecular weight excluding hydrogens is 320 g/mol. The van der Waals surface area contributed by atoms with Gasteiger partial charge in [0, 0.05) is 16.8 Å². The zero-order chi connectivity index (χ0) is 14.6. The lowest BCUT2D eigenvalue weighted by atomic mass is 10.3. The Labute approximate surface area is 126 Å². The molecule has 0 fully saturated rings.